The van der Waals surface area contributed by atoms with E-state index < -0.39 is 0 Å². The number of hydrogen-bond donors (Lipinski definition) is 1. The van der Waals surface area contributed by atoms with E-state index in [9.17, 15) is 4.79 Å². The van der Waals surface area contributed by atoms with Crippen molar-refractivity contribution in [3.8, 4) is 0 Å². The average molecular weight is 299 g/mol. The summed E-state index contributed by atoms with van der Waals surface area (Å²) in [7, 11) is 0. The van der Waals surface area contributed by atoms with Gasteiger partial charge < -0.3 is 10.6 Å². The number of carbonyl (C=O) groups is 1. The SMILES string of the molecule is CC1CCCN(C(=O)CSc2ccc(N)cc2Cl)C1. The van der Waals surface area contributed by atoms with Crippen LogP contribution >= 0.6 is 23.4 Å². The van der Waals surface area contributed by atoms with Gasteiger partial charge in [-0.3, -0.25) is 4.79 Å². The minimum absolute atomic E-state index is 0.199. The highest BCUT2D eigenvalue weighted by atomic mass is 35.5. The highest BCUT2D eigenvalue weighted by Gasteiger charge is 2.20. The highest BCUT2D eigenvalue weighted by Crippen LogP contribution is 2.29. The predicted octanol–water partition coefficient (Wildman–Crippen LogP) is 3.27. The van der Waals surface area contributed by atoms with Crippen molar-refractivity contribution in [2.75, 3.05) is 24.6 Å². The maximum absolute atomic E-state index is 12.1. The molecule has 1 aliphatic rings. The van der Waals surface area contributed by atoms with Gasteiger partial charge in [0.2, 0.25) is 5.91 Å². The molecular formula is C14H19ClN2OS. The predicted molar refractivity (Wildman–Crippen MR) is 81.6 cm³/mol. The maximum atomic E-state index is 12.1. The average Bonchev–Trinajstić information content (AvgIpc) is 2.37. The number of amides is 1. The standard InChI is InChI=1S/C14H19ClN2OS/c1-10-3-2-6-17(8-10)14(18)9-19-13-5-4-11(16)7-12(13)15/h4-5,7,10H,2-3,6,8-9,16H2,1H3. The summed E-state index contributed by atoms with van der Waals surface area (Å²) in [5.74, 6) is 1.25. The summed E-state index contributed by atoms with van der Waals surface area (Å²) in [5, 5.41) is 0.616. The Morgan fingerprint density at radius 1 is 1.58 bits per heavy atom. The zero-order valence-corrected chi connectivity index (χ0v) is 12.6. The third-order valence-electron chi connectivity index (χ3n) is 3.32. The van der Waals surface area contributed by atoms with E-state index in [2.05, 4.69) is 6.92 Å². The molecule has 1 amide bonds. The van der Waals surface area contributed by atoms with Gasteiger partial charge in [0.05, 0.1) is 10.8 Å². The van der Waals surface area contributed by atoms with Gasteiger partial charge in [0.15, 0.2) is 0 Å². The number of likely N-dealkylation sites (tertiary alicyclic amines) is 1. The van der Waals surface area contributed by atoms with Crippen LogP contribution in [0.2, 0.25) is 5.02 Å². The van der Waals surface area contributed by atoms with E-state index in [0.717, 1.165) is 24.4 Å². The molecule has 104 valence electrons. The monoisotopic (exact) mass is 298 g/mol. The van der Waals surface area contributed by atoms with Crippen molar-refractivity contribution in [2.24, 2.45) is 5.92 Å². The number of nitrogens with zero attached hydrogens (tertiary/aromatic N) is 1. The van der Waals surface area contributed by atoms with Crippen LogP contribution in [0.1, 0.15) is 19.8 Å². The van der Waals surface area contributed by atoms with Crippen LogP contribution in [0.15, 0.2) is 23.1 Å². The molecule has 1 aromatic carbocycles. The zero-order valence-electron chi connectivity index (χ0n) is 11.1. The molecule has 1 unspecified atom stereocenters. The molecule has 0 saturated carbocycles. The summed E-state index contributed by atoms with van der Waals surface area (Å²) in [6.07, 6.45) is 2.33. The van der Waals surface area contributed by atoms with Gasteiger partial charge in [-0.25, -0.2) is 0 Å². The fourth-order valence-electron chi connectivity index (χ4n) is 2.28. The minimum atomic E-state index is 0.199. The molecule has 3 nitrogen and oxygen atoms in total. The maximum Gasteiger partial charge on any atom is 0.232 e. The molecule has 0 aromatic heterocycles. The number of benzene rings is 1. The van der Waals surface area contributed by atoms with E-state index in [0.29, 0.717) is 22.4 Å². The molecule has 0 radical (unpaired) electrons. The Hall–Kier alpha value is -0.870. The second-order valence-electron chi connectivity index (χ2n) is 5.07. The lowest BCUT2D eigenvalue weighted by atomic mass is 10.0. The topological polar surface area (TPSA) is 46.3 Å². The molecule has 2 N–H and O–H groups in total. The molecule has 0 aliphatic carbocycles. The number of thioether (sulfide) groups is 1. The van der Waals surface area contributed by atoms with Gasteiger partial charge in [-0.2, -0.15) is 0 Å². The van der Waals surface area contributed by atoms with Crippen molar-refractivity contribution in [2.45, 2.75) is 24.7 Å². The Balaban J connectivity index is 1.89. The van der Waals surface area contributed by atoms with Crippen molar-refractivity contribution < 1.29 is 4.79 Å². The van der Waals surface area contributed by atoms with E-state index >= 15 is 0 Å². The van der Waals surface area contributed by atoms with Crippen LogP contribution in [0.25, 0.3) is 0 Å². The van der Waals surface area contributed by atoms with Gasteiger partial charge in [-0.1, -0.05) is 18.5 Å². The molecule has 5 heteroatoms. The van der Waals surface area contributed by atoms with Crippen LogP contribution < -0.4 is 5.73 Å². The molecular weight excluding hydrogens is 280 g/mol. The number of hydrogen-bond acceptors (Lipinski definition) is 3. The largest absolute Gasteiger partial charge is 0.399 e. The second-order valence-corrected chi connectivity index (χ2v) is 6.49. The summed E-state index contributed by atoms with van der Waals surface area (Å²) in [6, 6.07) is 5.40. The lowest BCUT2D eigenvalue weighted by molar-refractivity contribution is -0.130. The van der Waals surface area contributed by atoms with Gasteiger partial charge in [0.25, 0.3) is 0 Å². The number of carbonyl (C=O) groups excluding carboxylic acids is 1. The van der Waals surface area contributed by atoms with Crippen molar-refractivity contribution >= 4 is 35.0 Å². The minimum Gasteiger partial charge on any atom is -0.399 e. The number of rotatable bonds is 3. The Morgan fingerprint density at radius 2 is 2.37 bits per heavy atom. The first-order chi connectivity index (χ1) is 9.06. The van der Waals surface area contributed by atoms with Crippen molar-refractivity contribution in [1.82, 2.24) is 4.90 Å². The van der Waals surface area contributed by atoms with Crippen molar-refractivity contribution in [1.29, 1.82) is 0 Å². The van der Waals surface area contributed by atoms with Crippen LogP contribution in [0.3, 0.4) is 0 Å². The highest BCUT2D eigenvalue weighted by molar-refractivity contribution is 8.00. The zero-order chi connectivity index (χ0) is 13.8. The molecule has 1 atom stereocenters. The van der Waals surface area contributed by atoms with Gasteiger partial charge in [0, 0.05) is 23.7 Å². The van der Waals surface area contributed by atoms with E-state index in [1.165, 1.54) is 18.2 Å². The first kappa shape index (κ1) is 14.5. The Morgan fingerprint density at radius 3 is 3.05 bits per heavy atom. The quantitative estimate of drug-likeness (QED) is 0.688. The number of nitrogen functional groups attached to an aromatic ring is 1. The number of piperidine rings is 1. The van der Waals surface area contributed by atoms with Crippen LogP contribution in [-0.4, -0.2) is 29.6 Å². The van der Waals surface area contributed by atoms with Crippen LogP contribution in [0, 0.1) is 5.92 Å². The van der Waals surface area contributed by atoms with Gasteiger partial charge >= 0.3 is 0 Å². The number of nitrogens with two attached hydrogens (primary N) is 1. The normalized spacial score (nSPS) is 19.5. The summed E-state index contributed by atoms with van der Waals surface area (Å²) in [4.78, 5) is 15.0. The number of anilines is 1. The smallest absolute Gasteiger partial charge is 0.232 e. The van der Waals surface area contributed by atoms with Gasteiger partial charge in [0.1, 0.15) is 0 Å². The Labute approximate surface area is 123 Å². The van der Waals surface area contributed by atoms with E-state index in [-0.39, 0.29) is 5.91 Å². The van der Waals surface area contributed by atoms with Gasteiger partial charge in [-0.15, -0.1) is 11.8 Å². The molecule has 1 heterocycles. The molecule has 19 heavy (non-hydrogen) atoms. The summed E-state index contributed by atoms with van der Waals surface area (Å²) in [6.45, 7) is 3.97. The Bertz CT molecular complexity index is 467. The van der Waals surface area contributed by atoms with E-state index in [1.54, 1.807) is 6.07 Å². The lowest BCUT2D eigenvalue weighted by Crippen LogP contribution is -2.40. The fourth-order valence-corrected chi connectivity index (χ4v) is 3.46. The van der Waals surface area contributed by atoms with Crippen molar-refractivity contribution in [3.05, 3.63) is 23.2 Å². The molecule has 1 fully saturated rings. The first-order valence-corrected chi connectivity index (χ1v) is 7.88. The molecule has 1 saturated heterocycles. The summed E-state index contributed by atoms with van der Waals surface area (Å²) in [5.41, 5.74) is 6.29. The molecule has 1 aliphatic heterocycles. The Kier molecular flexibility index (Phi) is 4.99. The number of halogens is 1. The first-order valence-electron chi connectivity index (χ1n) is 6.52. The summed E-state index contributed by atoms with van der Waals surface area (Å²) < 4.78 is 0. The van der Waals surface area contributed by atoms with Crippen LogP contribution in [-0.2, 0) is 4.79 Å². The molecule has 0 bridgehead atoms. The molecule has 0 spiro atoms. The van der Waals surface area contributed by atoms with E-state index in [4.69, 9.17) is 17.3 Å². The summed E-state index contributed by atoms with van der Waals surface area (Å²) >= 11 is 7.58. The van der Waals surface area contributed by atoms with Crippen LogP contribution in [0.4, 0.5) is 5.69 Å². The van der Waals surface area contributed by atoms with Gasteiger partial charge in [-0.05, 0) is 37.0 Å². The molecule has 1 aromatic rings. The van der Waals surface area contributed by atoms with E-state index in [1.807, 2.05) is 17.0 Å². The van der Waals surface area contributed by atoms with Crippen LogP contribution in [0.5, 0.6) is 0 Å². The second kappa shape index (κ2) is 6.53. The van der Waals surface area contributed by atoms with Crippen molar-refractivity contribution in [3.63, 3.8) is 0 Å². The molecule has 2 rings (SSSR count). The fraction of sp³-hybridized carbons (Fsp3) is 0.500. The third-order valence-corrected chi connectivity index (χ3v) is 4.80. The third kappa shape index (κ3) is 4.05. The lowest BCUT2D eigenvalue weighted by Gasteiger charge is -2.30.